The van der Waals surface area contributed by atoms with Crippen molar-refractivity contribution in [1.82, 2.24) is 0 Å². The van der Waals surface area contributed by atoms with Gasteiger partial charge in [0.2, 0.25) is 0 Å². The van der Waals surface area contributed by atoms with E-state index in [2.05, 4.69) is 0 Å². The molecule has 0 saturated heterocycles. The predicted octanol–water partition coefficient (Wildman–Crippen LogP) is 5.88. The van der Waals surface area contributed by atoms with Gasteiger partial charge in [0.1, 0.15) is 17.0 Å². The van der Waals surface area contributed by atoms with E-state index in [1.807, 2.05) is 32.0 Å². The van der Waals surface area contributed by atoms with Crippen molar-refractivity contribution in [2.75, 3.05) is 7.11 Å². The molecule has 0 spiro atoms. The molecule has 0 aliphatic carbocycles. The number of aliphatic hydroxyl groups is 1. The third-order valence-corrected chi connectivity index (χ3v) is 5.91. The second-order valence-corrected chi connectivity index (χ2v) is 8.32. The van der Waals surface area contributed by atoms with E-state index >= 15 is 0 Å². The molecule has 1 heterocycles. The number of halogens is 1. The van der Waals surface area contributed by atoms with Crippen molar-refractivity contribution in [2.24, 2.45) is 0 Å². The van der Waals surface area contributed by atoms with Crippen LogP contribution in [0.2, 0.25) is 0 Å². The summed E-state index contributed by atoms with van der Waals surface area (Å²) in [6, 6.07) is 10.4. The topological polar surface area (TPSA) is 55.8 Å². The average molecular weight is 413 g/mol. The summed E-state index contributed by atoms with van der Waals surface area (Å²) in [5.74, 6) is -0.510. The summed E-state index contributed by atoms with van der Waals surface area (Å²) in [5.41, 5.74) is 1.66. The van der Waals surface area contributed by atoms with Gasteiger partial charge in [-0.2, -0.15) is 0 Å². The molecule has 2 aromatic carbocycles. The van der Waals surface area contributed by atoms with Crippen LogP contribution in [0.15, 0.2) is 42.2 Å². The molecule has 0 bridgehead atoms. The van der Waals surface area contributed by atoms with Crippen molar-refractivity contribution >= 4 is 11.4 Å². The van der Waals surface area contributed by atoms with Crippen LogP contribution in [0.4, 0.5) is 4.39 Å². The maximum absolute atomic E-state index is 13.8. The maximum atomic E-state index is 13.8. The fourth-order valence-corrected chi connectivity index (χ4v) is 3.96. The number of benzene rings is 2. The zero-order chi connectivity index (χ0) is 22.3. The van der Waals surface area contributed by atoms with E-state index in [0.717, 1.165) is 16.7 Å². The molecule has 0 amide bonds. The van der Waals surface area contributed by atoms with Crippen molar-refractivity contribution in [1.29, 1.82) is 0 Å². The Balaban J connectivity index is 2.16. The van der Waals surface area contributed by atoms with Gasteiger partial charge < -0.3 is 14.6 Å². The number of ketones is 1. The zero-order valence-corrected chi connectivity index (χ0v) is 18.4. The molecule has 3 rings (SSSR count). The van der Waals surface area contributed by atoms with Crippen LogP contribution in [-0.2, 0) is 16.0 Å². The molecular weight excluding hydrogens is 383 g/mol. The minimum atomic E-state index is -1.00. The maximum Gasteiger partial charge on any atom is 0.198 e. The largest absolute Gasteiger partial charge is 0.508 e. The Labute approximate surface area is 177 Å². The molecule has 0 fully saturated rings. The molecule has 0 saturated carbocycles. The van der Waals surface area contributed by atoms with Crippen LogP contribution in [0, 0.1) is 5.82 Å². The number of rotatable bonds is 5. The fourth-order valence-electron chi connectivity index (χ4n) is 3.96. The summed E-state index contributed by atoms with van der Waals surface area (Å²) in [7, 11) is 1.43. The van der Waals surface area contributed by atoms with Crippen LogP contribution in [0.3, 0.4) is 0 Å². The van der Waals surface area contributed by atoms with Crippen LogP contribution >= 0.6 is 0 Å². The van der Waals surface area contributed by atoms with Crippen molar-refractivity contribution in [3.63, 3.8) is 0 Å². The molecule has 160 valence electrons. The average Bonchev–Trinajstić information content (AvgIpc) is 2.73. The fraction of sp³-hybridized carbons (Fsp3) is 0.400. The van der Waals surface area contributed by atoms with Crippen LogP contribution in [0.1, 0.15) is 52.2 Å². The van der Waals surface area contributed by atoms with Gasteiger partial charge in [-0.05, 0) is 68.0 Å². The Bertz CT molecular complexity index is 1020. The van der Waals surface area contributed by atoms with Gasteiger partial charge in [-0.15, -0.1) is 0 Å². The third kappa shape index (κ3) is 3.63. The molecule has 0 radical (unpaired) electrons. The van der Waals surface area contributed by atoms with Gasteiger partial charge >= 0.3 is 0 Å². The Morgan fingerprint density at radius 1 is 1.07 bits per heavy atom. The highest BCUT2D eigenvalue weighted by atomic mass is 19.1. The zero-order valence-electron chi connectivity index (χ0n) is 18.4. The number of carbonyl (C=O) groups excluding carboxylic acids is 1. The monoisotopic (exact) mass is 412 g/mol. The second kappa shape index (κ2) is 7.88. The van der Waals surface area contributed by atoms with Gasteiger partial charge in [-0.1, -0.05) is 38.1 Å². The molecule has 4 nitrogen and oxygen atoms in total. The quantitative estimate of drug-likeness (QED) is 0.666. The summed E-state index contributed by atoms with van der Waals surface area (Å²) in [4.78, 5) is 13.3. The highest BCUT2D eigenvalue weighted by Gasteiger charge is 2.48. The molecule has 1 N–H and O–H groups in total. The van der Waals surface area contributed by atoms with E-state index in [-0.39, 0.29) is 17.3 Å². The summed E-state index contributed by atoms with van der Waals surface area (Å²) < 4.78 is 24.9. The standard InChI is InChI=1S/C25H29FO4/c1-7-15-13-16(17-10-12-19(26)20(14-17)29-6)9-11-18(15)21-22(27)24(3,4)30-25(5,8-2)23(21)28/h9-14,27H,7-8H2,1-6H3. The Kier molecular flexibility index (Phi) is 5.79. The normalized spacial score (nSPS) is 21.1. The minimum absolute atomic E-state index is 0.0515. The Hall–Kier alpha value is -2.66. The lowest BCUT2D eigenvalue weighted by Gasteiger charge is -2.42. The number of Topliss-reactive ketones (excluding diaryl/α,β-unsaturated/α-hetero) is 1. The van der Waals surface area contributed by atoms with Gasteiger partial charge in [0.15, 0.2) is 17.3 Å². The molecule has 2 aromatic rings. The first-order valence-corrected chi connectivity index (χ1v) is 10.2. The number of carbonyl (C=O) groups is 1. The molecule has 1 unspecified atom stereocenters. The third-order valence-electron chi connectivity index (χ3n) is 5.91. The van der Waals surface area contributed by atoms with Gasteiger partial charge in [0.05, 0.1) is 12.7 Å². The first-order valence-electron chi connectivity index (χ1n) is 10.2. The summed E-state index contributed by atoms with van der Waals surface area (Å²) in [6.07, 6.45) is 1.16. The van der Waals surface area contributed by atoms with E-state index in [1.54, 1.807) is 32.9 Å². The number of ether oxygens (including phenoxy) is 2. The lowest BCUT2D eigenvalue weighted by atomic mass is 9.79. The first-order chi connectivity index (χ1) is 14.1. The highest BCUT2D eigenvalue weighted by Crippen LogP contribution is 2.43. The van der Waals surface area contributed by atoms with Gasteiger partial charge in [0.25, 0.3) is 0 Å². The van der Waals surface area contributed by atoms with Crippen LogP contribution in [0.5, 0.6) is 5.75 Å². The Morgan fingerprint density at radius 3 is 2.30 bits per heavy atom. The SMILES string of the molecule is CCc1cc(-c2ccc(F)c(OC)c2)ccc1C1=C(O)C(C)(C)OC(C)(CC)C1=O. The van der Waals surface area contributed by atoms with E-state index in [0.29, 0.717) is 24.0 Å². The number of hydrogen-bond donors (Lipinski definition) is 1. The molecular formula is C25H29FO4. The Morgan fingerprint density at radius 2 is 1.70 bits per heavy atom. The van der Waals surface area contributed by atoms with Gasteiger partial charge in [0, 0.05) is 0 Å². The molecule has 1 aliphatic heterocycles. The molecule has 1 atom stereocenters. The van der Waals surface area contributed by atoms with Crippen molar-refractivity contribution in [3.05, 3.63) is 59.1 Å². The molecule has 5 heteroatoms. The number of aryl methyl sites for hydroxylation is 1. The smallest absolute Gasteiger partial charge is 0.198 e. The second-order valence-electron chi connectivity index (χ2n) is 8.32. The van der Waals surface area contributed by atoms with E-state index in [1.165, 1.54) is 13.2 Å². The lowest BCUT2D eigenvalue weighted by Crippen LogP contribution is -2.51. The molecule has 1 aliphatic rings. The number of aliphatic hydroxyl groups excluding tert-OH is 1. The van der Waals surface area contributed by atoms with Gasteiger partial charge in [-0.3, -0.25) is 4.79 Å². The van der Waals surface area contributed by atoms with E-state index < -0.39 is 17.0 Å². The number of hydrogen-bond acceptors (Lipinski definition) is 4. The molecule has 0 aromatic heterocycles. The lowest BCUT2D eigenvalue weighted by molar-refractivity contribution is -0.163. The van der Waals surface area contributed by atoms with E-state index in [9.17, 15) is 14.3 Å². The molecule has 30 heavy (non-hydrogen) atoms. The van der Waals surface area contributed by atoms with Crippen molar-refractivity contribution in [2.45, 2.75) is 58.7 Å². The van der Waals surface area contributed by atoms with Crippen LogP contribution < -0.4 is 4.74 Å². The van der Waals surface area contributed by atoms with Crippen molar-refractivity contribution in [3.8, 4) is 16.9 Å². The predicted molar refractivity (Wildman–Crippen MR) is 116 cm³/mol. The van der Waals surface area contributed by atoms with Gasteiger partial charge in [-0.25, -0.2) is 4.39 Å². The minimum Gasteiger partial charge on any atom is -0.508 e. The van der Waals surface area contributed by atoms with Crippen LogP contribution in [-0.4, -0.2) is 29.2 Å². The summed E-state index contributed by atoms with van der Waals surface area (Å²) in [5, 5.41) is 10.9. The van der Waals surface area contributed by atoms with Crippen LogP contribution in [0.25, 0.3) is 16.7 Å². The van der Waals surface area contributed by atoms with Crippen molar-refractivity contribution < 1.29 is 23.8 Å². The first kappa shape index (κ1) is 22.0. The highest BCUT2D eigenvalue weighted by molar-refractivity contribution is 6.26. The van der Waals surface area contributed by atoms with E-state index in [4.69, 9.17) is 9.47 Å². The summed E-state index contributed by atoms with van der Waals surface area (Å²) in [6.45, 7) is 9.22. The summed E-state index contributed by atoms with van der Waals surface area (Å²) >= 11 is 0. The number of methoxy groups -OCH3 is 1.